The molecule has 1 nitrogen and oxygen atoms in total. The van der Waals surface area contributed by atoms with Gasteiger partial charge in [0.2, 0.25) is 0 Å². The van der Waals surface area contributed by atoms with E-state index in [4.69, 9.17) is 28.9 Å². The summed E-state index contributed by atoms with van der Waals surface area (Å²) in [6, 6.07) is 6.24. The average Bonchev–Trinajstić information content (AvgIpc) is 2.57. The Balaban J connectivity index is 2.20. The molecule has 2 rings (SSSR count). The fourth-order valence-electron chi connectivity index (χ4n) is 2.09. The second-order valence-electron chi connectivity index (χ2n) is 3.94. The molecule has 1 fully saturated rings. The van der Waals surface area contributed by atoms with Crippen LogP contribution < -0.4 is 5.73 Å². The summed E-state index contributed by atoms with van der Waals surface area (Å²) in [7, 11) is 0. The molecule has 0 spiro atoms. The van der Waals surface area contributed by atoms with Crippen molar-refractivity contribution in [3.8, 4) is 0 Å². The van der Waals surface area contributed by atoms with E-state index in [2.05, 4.69) is 6.07 Å². The van der Waals surface area contributed by atoms with Crippen molar-refractivity contribution >= 4 is 23.2 Å². The lowest BCUT2D eigenvalue weighted by Crippen LogP contribution is -2.14. The summed E-state index contributed by atoms with van der Waals surface area (Å²) in [4.78, 5) is 0. The van der Waals surface area contributed by atoms with Gasteiger partial charge < -0.3 is 5.73 Å². The smallest absolute Gasteiger partial charge is 0.0595 e. The second-order valence-corrected chi connectivity index (χ2v) is 4.76. The van der Waals surface area contributed by atoms with Crippen LogP contribution >= 0.6 is 23.2 Å². The van der Waals surface area contributed by atoms with Crippen molar-refractivity contribution < 1.29 is 0 Å². The molecule has 1 aliphatic carbocycles. The van der Waals surface area contributed by atoms with Gasteiger partial charge in [-0.3, -0.25) is 0 Å². The lowest BCUT2D eigenvalue weighted by molar-refractivity contribution is 0.675. The highest BCUT2D eigenvalue weighted by Gasteiger charge is 2.23. The minimum Gasteiger partial charge on any atom is -0.328 e. The van der Waals surface area contributed by atoms with E-state index in [-0.39, 0.29) is 0 Å². The van der Waals surface area contributed by atoms with E-state index in [1.807, 2.05) is 12.1 Å². The van der Waals surface area contributed by atoms with Gasteiger partial charge in [-0.1, -0.05) is 29.3 Å². The Kier molecular flexibility index (Phi) is 3.01. The van der Waals surface area contributed by atoms with E-state index in [0.717, 1.165) is 12.8 Å². The van der Waals surface area contributed by atoms with Gasteiger partial charge in [0.15, 0.2) is 0 Å². The van der Waals surface area contributed by atoms with Crippen LogP contribution in [0.2, 0.25) is 10.0 Å². The van der Waals surface area contributed by atoms with Crippen molar-refractivity contribution in [2.75, 3.05) is 0 Å². The number of hydrogen-bond acceptors (Lipinski definition) is 1. The van der Waals surface area contributed by atoms with Crippen LogP contribution in [0.15, 0.2) is 18.2 Å². The van der Waals surface area contributed by atoms with Crippen molar-refractivity contribution in [3.63, 3.8) is 0 Å². The van der Waals surface area contributed by atoms with Gasteiger partial charge in [0, 0.05) is 6.04 Å². The standard InChI is InChI=1S/C11H13Cl2N/c12-10-4-2-8(6-11(10)13)7-1-3-9(14)5-7/h2,4,6-7,9H,1,3,5,14H2/t7-,9-/m1/s1. The number of rotatable bonds is 1. The molecular formula is C11H13Cl2N. The van der Waals surface area contributed by atoms with Crippen LogP contribution in [0.3, 0.4) is 0 Å². The van der Waals surface area contributed by atoms with Gasteiger partial charge >= 0.3 is 0 Å². The SMILES string of the molecule is N[C@@H]1CC[C@@H](c2ccc(Cl)c(Cl)c2)C1. The van der Waals surface area contributed by atoms with E-state index >= 15 is 0 Å². The number of benzene rings is 1. The quantitative estimate of drug-likeness (QED) is 0.783. The minimum absolute atomic E-state index is 0.356. The molecule has 0 heterocycles. The predicted octanol–water partition coefficient (Wildman–Crippen LogP) is 3.59. The largest absolute Gasteiger partial charge is 0.328 e. The van der Waals surface area contributed by atoms with Gasteiger partial charge in [-0.05, 0) is 42.9 Å². The summed E-state index contributed by atoms with van der Waals surface area (Å²) in [5.41, 5.74) is 7.14. The van der Waals surface area contributed by atoms with Crippen LogP contribution in [-0.2, 0) is 0 Å². The maximum Gasteiger partial charge on any atom is 0.0595 e. The first-order valence-corrected chi connectivity index (χ1v) is 5.63. The predicted molar refractivity (Wildman–Crippen MR) is 61.0 cm³/mol. The van der Waals surface area contributed by atoms with Crippen molar-refractivity contribution in [2.24, 2.45) is 5.73 Å². The van der Waals surface area contributed by atoms with Crippen LogP contribution in [0.4, 0.5) is 0 Å². The van der Waals surface area contributed by atoms with Gasteiger partial charge in [-0.15, -0.1) is 0 Å². The molecule has 3 heteroatoms. The summed E-state index contributed by atoms with van der Waals surface area (Å²) < 4.78 is 0. The first-order valence-electron chi connectivity index (χ1n) is 4.87. The summed E-state index contributed by atoms with van der Waals surface area (Å²) in [6.07, 6.45) is 3.35. The fraction of sp³-hybridized carbons (Fsp3) is 0.455. The molecule has 1 saturated carbocycles. The zero-order valence-corrected chi connectivity index (χ0v) is 9.35. The maximum atomic E-state index is 5.97. The van der Waals surface area contributed by atoms with E-state index < -0.39 is 0 Å². The summed E-state index contributed by atoms with van der Waals surface area (Å²) in [6.45, 7) is 0. The van der Waals surface area contributed by atoms with Gasteiger partial charge in [0.25, 0.3) is 0 Å². The van der Waals surface area contributed by atoms with Crippen molar-refractivity contribution in [2.45, 2.75) is 31.2 Å². The first-order chi connectivity index (χ1) is 6.66. The molecule has 1 aromatic rings. The molecule has 2 atom stereocenters. The number of nitrogens with two attached hydrogens (primary N) is 1. The molecule has 0 saturated heterocycles. The molecule has 0 radical (unpaired) electrons. The Morgan fingerprint density at radius 1 is 1.14 bits per heavy atom. The van der Waals surface area contributed by atoms with Crippen LogP contribution in [-0.4, -0.2) is 6.04 Å². The van der Waals surface area contributed by atoms with Crippen LogP contribution in [0.5, 0.6) is 0 Å². The van der Waals surface area contributed by atoms with Gasteiger partial charge in [-0.2, -0.15) is 0 Å². The lowest BCUT2D eigenvalue weighted by atomic mass is 9.98. The highest BCUT2D eigenvalue weighted by atomic mass is 35.5. The Morgan fingerprint density at radius 2 is 1.93 bits per heavy atom. The molecule has 0 amide bonds. The van der Waals surface area contributed by atoms with Gasteiger partial charge in [0.1, 0.15) is 0 Å². The third-order valence-corrected chi connectivity index (χ3v) is 3.63. The Bertz CT molecular complexity index is 338. The van der Waals surface area contributed by atoms with Crippen molar-refractivity contribution in [1.82, 2.24) is 0 Å². The topological polar surface area (TPSA) is 26.0 Å². The van der Waals surface area contributed by atoms with E-state index in [9.17, 15) is 0 Å². The zero-order chi connectivity index (χ0) is 10.1. The third-order valence-electron chi connectivity index (χ3n) is 2.89. The Labute approximate surface area is 94.2 Å². The summed E-state index contributed by atoms with van der Waals surface area (Å²) >= 11 is 11.8. The molecule has 0 aliphatic heterocycles. The maximum absolute atomic E-state index is 5.97. The molecule has 0 aromatic heterocycles. The molecule has 76 valence electrons. The molecule has 1 aliphatic rings. The van der Waals surface area contributed by atoms with Crippen molar-refractivity contribution in [1.29, 1.82) is 0 Å². The molecular weight excluding hydrogens is 217 g/mol. The molecule has 1 aromatic carbocycles. The van der Waals surface area contributed by atoms with E-state index in [0.29, 0.717) is 22.0 Å². The number of halogens is 2. The van der Waals surface area contributed by atoms with Crippen LogP contribution in [0, 0.1) is 0 Å². The Hall–Kier alpha value is -0.240. The number of hydrogen-bond donors (Lipinski definition) is 1. The molecule has 14 heavy (non-hydrogen) atoms. The molecule has 0 unspecified atom stereocenters. The van der Waals surface area contributed by atoms with E-state index in [1.54, 1.807) is 0 Å². The monoisotopic (exact) mass is 229 g/mol. The van der Waals surface area contributed by atoms with E-state index in [1.165, 1.54) is 12.0 Å². The van der Waals surface area contributed by atoms with Gasteiger partial charge in [-0.25, -0.2) is 0 Å². The lowest BCUT2D eigenvalue weighted by Gasteiger charge is -2.10. The minimum atomic E-state index is 0.356. The third kappa shape index (κ3) is 2.05. The van der Waals surface area contributed by atoms with Crippen LogP contribution in [0.1, 0.15) is 30.7 Å². The molecule has 0 bridgehead atoms. The normalized spacial score (nSPS) is 26.8. The average molecular weight is 230 g/mol. The fourth-order valence-corrected chi connectivity index (χ4v) is 2.39. The Morgan fingerprint density at radius 3 is 2.50 bits per heavy atom. The van der Waals surface area contributed by atoms with Crippen LogP contribution in [0.25, 0.3) is 0 Å². The zero-order valence-electron chi connectivity index (χ0n) is 7.84. The second kappa shape index (κ2) is 4.09. The summed E-state index contributed by atoms with van der Waals surface area (Å²) in [5.74, 6) is 0.569. The van der Waals surface area contributed by atoms with Crippen molar-refractivity contribution in [3.05, 3.63) is 33.8 Å². The highest BCUT2D eigenvalue weighted by Crippen LogP contribution is 2.35. The highest BCUT2D eigenvalue weighted by molar-refractivity contribution is 6.42. The summed E-state index contributed by atoms with van der Waals surface area (Å²) in [5, 5.41) is 1.27. The van der Waals surface area contributed by atoms with Gasteiger partial charge in [0.05, 0.1) is 10.0 Å². The molecule has 2 N–H and O–H groups in total. The first kappa shape index (κ1) is 10.3.